The van der Waals surface area contributed by atoms with E-state index in [0.29, 0.717) is 0 Å². The summed E-state index contributed by atoms with van der Waals surface area (Å²) in [6, 6.07) is 1.69. The maximum absolute atomic E-state index is 14.0. The van der Waals surface area contributed by atoms with E-state index in [1.54, 1.807) is 0 Å². The predicted molar refractivity (Wildman–Crippen MR) is 71.4 cm³/mol. The van der Waals surface area contributed by atoms with Crippen LogP contribution in [0.4, 0.5) is 8.78 Å². The SMILES string of the molecule is NCc1c(F)ccc(S(=O)(=O)NC2CCCCC2)c1F. The molecule has 0 bridgehead atoms. The number of halogens is 2. The second-order valence-corrected chi connectivity index (χ2v) is 6.68. The van der Waals surface area contributed by atoms with Crippen LogP contribution in [0, 0.1) is 11.6 Å². The quantitative estimate of drug-likeness (QED) is 0.894. The maximum atomic E-state index is 14.0. The molecule has 4 nitrogen and oxygen atoms in total. The Bertz CT molecular complexity index is 584. The first-order valence-electron chi connectivity index (χ1n) is 6.65. The molecule has 1 aliphatic rings. The number of nitrogens with one attached hydrogen (secondary N) is 1. The largest absolute Gasteiger partial charge is 0.326 e. The maximum Gasteiger partial charge on any atom is 0.243 e. The molecule has 1 saturated carbocycles. The molecule has 0 aliphatic heterocycles. The number of hydrogen-bond acceptors (Lipinski definition) is 3. The molecule has 7 heteroatoms. The lowest BCUT2D eigenvalue weighted by atomic mass is 9.96. The van der Waals surface area contributed by atoms with Gasteiger partial charge in [-0.1, -0.05) is 19.3 Å². The first kappa shape index (κ1) is 15.3. The molecule has 1 aliphatic carbocycles. The Balaban J connectivity index is 2.29. The summed E-state index contributed by atoms with van der Waals surface area (Å²) in [5.41, 5.74) is 4.85. The lowest BCUT2D eigenvalue weighted by Gasteiger charge is -2.22. The highest BCUT2D eigenvalue weighted by Gasteiger charge is 2.26. The summed E-state index contributed by atoms with van der Waals surface area (Å²) < 4.78 is 54.3. The first-order chi connectivity index (χ1) is 9.45. The summed E-state index contributed by atoms with van der Waals surface area (Å²) in [6.07, 6.45) is 4.47. The van der Waals surface area contributed by atoms with Gasteiger partial charge in [0, 0.05) is 18.2 Å². The molecule has 1 aromatic rings. The van der Waals surface area contributed by atoms with E-state index >= 15 is 0 Å². The van der Waals surface area contributed by atoms with Gasteiger partial charge in [-0.15, -0.1) is 0 Å². The Morgan fingerprint density at radius 1 is 1.20 bits per heavy atom. The smallest absolute Gasteiger partial charge is 0.243 e. The van der Waals surface area contributed by atoms with Crippen molar-refractivity contribution in [2.45, 2.75) is 49.6 Å². The molecule has 20 heavy (non-hydrogen) atoms. The number of nitrogens with two attached hydrogens (primary N) is 1. The highest BCUT2D eigenvalue weighted by Crippen LogP contribution is 2.23. The first-order valence-corrected chi connectivity index (χ1v) is 8.13. The van der Waals surface area contributed by atoms with Crippen molar-refractivity contribution in [3.8, 4) is 0 Å². The molecule has 0 saturated heterocycles. The molecule has 1 aromatic carbocycles. The van der Waals surface area contributed by atoms with Crippen molar-refractivity contribution < 1.29 is 17.2 Å². The van der Waals surface area contributed by atoms with Crippen LogP contribution in [0.25, 0.3) is 0 Å². The highest BCUT2D eigenvalue weighted by molar-refractivity contribution is 7.89. The third-order valence-corrected chi connectivity index (χ3v) is 5.11. The van der Waals surface area contributed by atoms with Crippen molar-refractivity contribution in [1.29, 1.82) is 0 Å². The number of benzene rings is 1. The zero-order chi connectivity index (χ0) is 14.8. The minimum atomic E-state index is -3.99. The van der Waals surface area contributed by atoms with Crippen LogP contribution in [-0.2, 0) is 16.6 Å². The van der Waals surface area contributed by atoms with E-state index in [9.17, 15) is 17.2 Å². The predicted octanol–water partition coefficient (Wildman–Crippen LogP) is 2.03. The standard InChI is InChI=1S/C13H18F2N2O2S/c14-11-6-7-12(13(15)10(11)8-16)20(18,19)17-9-4-2-1-3-5-9/h6-7,9,17H,1-5,8,16H2. The third-order valence-electron chi connectivity index (χ3n) is 3.57. The van der Waals surface area contributed by atoms with Crippen LogP contribution in [0.2, 0.25) is 0 Å². The summed E-state index contributed by atoms with van der Waals surface area (Å²) in [7, 11) is -3.99. The van der Waals surface area contributed by atoms with Gasteiger partial charge >= 0.3 is 0 Å². The number of hydrogen-bond donors (Lipinski definition) is 2. The van der Waals surface area contributed by atoms with E-state index in [-0.39, 0.29) is 12.6 Å². The Hall–Kier alpha value is -1.05. The van der Waals surface area contributed by atoms with E-state index in [1.165, 1.54) is 0 Å². The fourth-order valence-corrected chi connectivity index (χ4v) is 3.88. The van der Waals surface area contributed by atoms with Gasteiger partial charge in [-0.2, -0.15) is 0 Å². The molecule has 0 amide bonds. The van der Waals surface area contributed by atoms with Crippen LogP contribution in [0.1, 0.15) is 37.7 Å². The molecule has 3 N–H and O–H groups in total. The Labute approximate surface area is 117 Å². The van der Waals surface area contributed by atoms with Gasteiger partial charge in [0.15, 0.2) is 5.82 Å². The minimum Gasteiger partial charge on any atom is -0.326 e. The van der Waals surface area contributed by atoms with Crippen LogP contribution in [0.5, 0.6) is 0 Å². The molecule has 0 spiro atoms. The lowest BCUT2D eigenvalue weighted by Crippen LogP contribution is -2.36. The van der Waals surface area contributed by atoms with Gasteiger partial charge in [0.2, 0.25) is 10.0 Å². The average molecular weight is 304 g/mol. The Morgan fingerprint density at radius 2 is 1.85 bits per heavy atom. The summed E-state index contributed by atoms with van der Waals surface area (Å²) in [4.78, 5) is -0.537. The summed E-state index contributed by atoms with van der Waals surface area (Å²) in [5, 5.41) is 0. The van der Waals surface area contributed by atoms with Gasteiger partial charge in [-0.3, -0.25) is 0 Å². The molecule has 2 rings (SSSR count). The van der Waals surface area contributed by atoms with Crippen LogP contribution in [0.3, 0.4) is 0 Å². The summed E-state index contributed by atoms with van der Waals surface area (Å²) >= 11 is 0. The molecule has 0 heterocycles. The molecule has 1 fully saturated rings. The van der Waals surface area contributed by atoms with E-state index in [1.807, 2.05) is 0 Å². The van der Waals surface area contributed by atoms with E-state index in [4.69, 9.17) is 5.73 Å². The number of rotatable bonds is 4. The van der Waals surface area contributed by atoms with Gasteiger partial charge in [0.25, 0.3) is 0 Å². The van der Waals surface area contributed by atoms with Gasteiger partial charge in [-0.25, -0.2) is 21.9 Å². The summed E-state index contributed by atoms with van der Waals surface area (Å²) in [6.45, 7) is -0.384. The van der Waals surface area contributed by atoms with Crippen molar-refractivity contribution in [3.63, 3.8) is 0 Å². The van der Waals surface area contributed by atoms with Crippen LogP contribution in [0.15, 0.2) is 17.0 Å². The second kappa shape index (κ2) is 6.15. The molecule has 112 valence electrons. The average Bonchev–Trinajstić information content (AvgIpc) is 2.39. The normalized spacial score (nSPS) is 17.4. The second-order valence-electron chi connectivity index (χ2n) is 5.00. The van der Waals surface area contributed by atoms with Gasteiger partial charge in [-0.05, 0) is 25.0 Å². The van der Waals surface area contributed by atoms with Crippen LogP contribution >= 0.6 is 0 Å². The van der Waals surface area contributed by atoms with Gasteiger partial charge in [0.1, 0.15) is 10.7 Å². The zero-order valence-electron chi connectivity index (χ0n) is 11.0. The minimum absolute atomic E-state index is 0.181. The van der Waals surface area contributed by atoms with E-state index < -0.39 is 32.1 Å². The van der Waals surface area contributed by atoms with Crippen LogP contribution < -0.4 is 10.5 Å². The lowest BCUT2D eigenvalue weighted by molar-refractivity contribution is 0.411. The zero-order valence-corrected chi connectivity index (χ0v) is 11.8. The third kappa shape index (κ3) is 3.16. The van der Waals surface area contributed by atoms with Gasteiger partial charge in [0.05, 0.1) is 0 Å². The molecule has 0 atom stereocenters. The molecular formula is C13H18F2N2O2S. The van der Waals surface area contributed by atoms with Crippen molar-refractivity contribution in [2.24, 2.45) is 5.73 Å². The molecule has 0 radical (unpaired) electrons. The molecule has 0 aromatic heterocycles. The van der Waals surface area contributed by atoms with Gasteiger partial charge < -0.3 is 5.73 Å². The fraction of sp³-hybridized carbons (Fsp3) is 0.538. The van der Waals surface area contributed by atoms with Crippen LogP contribution in [-0.4, -0.2) is 14.5 Å². The Morgan fingerprint density at radius 3 is 2.45 bits per heavy atom. The van der Waals surface area contributed by atoms with E-state index in [0.717, 1.165) is 44.2 Å². The molecular weight excluding hydrogens is 286 g/mol. The summed E-state index contributed by atoms with van der Waals surface area (Å²) in [5.74, 6) is -1.93. The monoisotopic (exact) mass is 304 g/mol. The molecule has 0 unspecified atom stereocenters. The van der Waals surface area contributed by atoms with Crippen molar-refractivity contribution in [2.75, 3.05) is 0 Å². The van der Waals surface area contributed by atoms with E-state index in [2.05, 4.69) is 4.72 Å². The van der Waals surface area contributed by atoms with Crippen molar-refractivity contribution >= 4 is 10.0 Å². The number of sulfonamides is 1. The fourth-order valence-electron chi connectivity index (χ4n) is 2.47. The topological polar surface area (TPSA) is 72.2 Å². The Kier molecular flexibility index (Phi) is 4.72. The van der Waals surface area contributed by atoms with Crippen molar-refractivity contribution in [3.05, 3.63) is 29.3 Å². The van der Waals surface area contributed by atoms with Crippen molar-refractivity contribution in [1.82, 2.24) is 4.72 Å². The highest BCUT2D eigenvalue weighted by atomic mass is 32.2.